The van der Waals surface area contributed by atoms with Crippen molar-refractivity contribution < 1.29 is 4.79 Å². The minimum atomic E-state index is 0.214. The van der Waals surface area contributed by atoms with Gasteiger partial charge in [0.2, 0.25) is 5.91 Å². The predicted molar refractivity (Wildman–Crippen MR) is 81.5 cm³/mol. The fourth-order valence-electron chi connectivity index (χ4n) is 3.40. The number of amides is 1. The third-order valence-electron chi connectivity index (χ3n) is 4.44. The molecule has 2 unspecified atom stereocenters. The number of anilines is 1. The van der Waals surface area contributed by atoms with Gasteiger partial charge < -0.3 is 0 Å². The first-order chi connectivity index (χ1) is 9.72. The van der Waals surface area contributed by atoms with Crippen molar-refractivity contribution >= 4 is 11.6 Å². The van der Waals surface area contributed by atoms with Crippen LogP contribution in [0.15, 0.2) is 42.1 Å². The summed E-state index contributed by atoms with van der Waals surface area (Å²) in [6.45, 7) is 2.06. The van der Waals surface area contributed by atoms with Crippen molar-refractivity contribution in [3.05, 3.63) is 42.1 Å². The van der Waals surface area contributed by atoms with E-state index in [9.17, 15) is 4.79 Å². The van der Waals surface area contributed by atoms with Gasteiger partial charge in [-0.15, -0.1) is 0 Å². The Morgan fingerprint density at radius 1 is 1.30 bits per heavy atom. The minimum Gasteiger partial charge on any atom is -0.291 e. The van der Waals surface area contributed by atoms with Gasteiger partial charge in [0.1, 0.15) is 0 Å². The van der Waals surface area contributed by atoms with Gasteiger partial charge in [-0.1, -0.05) is 25.1 Å². The molecule has 2 heterocycles. The van der Waals surface area contributed by atoms with Gasteiger partial charge in [0.05, 0.1) is 6.04 Å². The van der Waals surface area contributed by atoms with Crippen LogP contribution in [0.2, 0.25) is 0 Å². The van der Waals surface area contributed by atoms with Gasteiger partial charge in [0.25, 0.3) is 0 Å². The SMILES string of the molecule is CCCC(=O)N(C1=CC2CCC1N2C)c1ccccc1. The van der Waals surface area contributed by atoms with Gasteiger partial charge in [-0.2, -0.15) is 0 Å². The van der Waals surface area contributed by atoms with Crippen molar-refractivity contribution in [3.63, 3.8) is 0 Å². The summed E-state index contributed by atoms with van der Waals surface area (Å²) in [5.74, 6) is 0.214. The van der Waals surface area contributed by atoms with Crippen LogP contribution in [0.4, 0.5) is 5.69 Å². The highest BCUT2D eigenvalue weighted by Gasteiger charge is 2.41. The van der Waals surface area contributed by atoms with Crippen LogP contribution in [-0.4, -0.2) is 29.9 Å². The van der Waals surface area contributed by atoms with E-state index in [0.717, 1.165) is 18.5 Å². The number of para-hydroxylation sites is 1. The number of hydrogen-bond acceptors (Lipinski definition) is 2. The number of hydrogen-bond donors (Lipinski definition) is 0. The summed E-state index contributed by atoms with van der Waals surface area (Å²) >= 11 is 0. The molecule has 3 heteroatoms. The summed E-state index contributed by atoms with van der Waals surface area (Å²) in [6, 6.07) is 11.0. The minimum absolute atomic E-state index is 0.214. The number of fused-ring (bicyclic) bond motifs is 2. The number of rotatable bonds is 4. The summed E-state index contributed by atoms with van der Waals surface area (Å²) in [7, 11) is 2.17. The van der Waals surface area contributed by atoms with E-state index in [1.165, 1.54) is 12.1 Å². The van der Waals surface area contributed by atoms with Crippen LogP contribution in [0.1, 0.15) is 32.6 Å². The van der Waals surface area contributed by atoms with Crippen LogP contribution < -0.4 is 4.90 Å². The van der Waals surface area contributed by atoms with Crippen molar-refractivity contribution in [1.29, 1.82) is 0 Å². The van der Waals surface area contributed by atoms with Gasteiger partial charge in [0.15, 0.2) is 0 Å². The lowest BCUT2D eigenvalue weighted by atomic mass is 10.0. The van der Waals surface area contributed by atoms with E-state index in [0.29, 0.717) is 18.5 Å². The highest BCUT2D eigenvalue weighted by Crippen LogP contribution is 2.39. The molecule has 20 heavy (non-hydrogen) atoms. The molecule has 1 saturated heterocycles. The molecule has 3 nitrogen and oxygen atoms in total. The number of nitrogens with zero attached hydrogens (tertiary/aromatic N) is 2. The maximum absolute atomic E-state index is 12.6. The molecule has 3 rings (SSSR count). The molecule has 2 atom stereocenters. The molecule has 0 aliphatic carbocycles. The summed E-state index contributed by atoms with van der Waals surface area (Å²) < 4.78 is 0. The number of carbonyl (C=O) groups is 1. The average Bonchev–Trinajstić information content (AvgIpc) is 2.96. The number of benzene rings is 1. The first-order valence-corrected chi connectivity index (χ1v) is 7.54. The Morgan fingerprint density at radius 3 is 2.60 bits per heavy atom. The fourth-order valence-corrected chi connectivity index (χ4v) is 3.40. The Morgan fingerprint density at radius 2 is 2.05 bits per heavy atom. The van der Waals surface area contributed by atoms with Gasteiger partial charge in [-0.3, -0.25) is 14.6 Å². The van der Waals surface area contributed by atoms with Gasteiger partial charge in [-0.25, -0.2) is 0 Å². The van der Waals surface area contributed by atoms with Crippen LogP contribution in [0, 0.1) is 0 Å². The average molecular weight is 270 g/mol. The van der Waals surface area contributed by atoms with Crippen molar-refractivity contribution in [3.8, 4) is 0 Å². The van der Waals surface area contributed by atoms with Crippen LogP contribution in [0.25, 0.3) is 0 Å². The molecule has 0 saturated carbocycles. The summed E-state index contributed by atoms with van der Waals surface area (Å²) in [6.07, 6.45) is 6.16. The van der Waals surface area contributed by atoms with E-state index >= 15 is 0 Å². The second-order valence-corrected chi connectivity index (χ2v) is 5.73. The lowest BCUT2D eigenvalue weighted by Gasteiger charge is -2.29. The zero-order valence-corrected chi connectivity index (χ0v) is 12.2. The molecular weight excluding hydrogens is 248 g/mol. The molecule has 106 valence electrons. The first-order valence-electron chi connectivity index (χ1n) is 7.54. The maximum atomic E-state index is 12.6. The second-order valence-electron chi connectivity index (χ2n) is 5.73. The summed E-state index contributed by atoms with van der Waals surface area (Å²) in [5, 5.41) is 0. The molecule has 2 bridgehead atoms. The topological polar surface area (TPSA) is 23.6 Å². The van der Waals surface area contributed by atoms with Crippen LogP contribution >= 0.6 is 0 Å². The van der Waals surface area contributed by atoms with E-state index in [1.54, 1.807) is 0 Å². The van der Waals surface area contributed by atoms with Crippen molar-refractivity contribution in [1.82, 2.24) is 4.90 Å². The Kier molecular flexibility index (Phi) is 3.62. The van der Waals surface area contributed by atoms with Crippen molar-refractivity contribution in [2.24, 2.45) is 0 Å². The summed E-state index contributed by atoms with van der Waals surface area (Å²) in [4.78, 5) is 16.9. The van der Waals surface area contributed by atoms with Gasteiger partial charge in [0, 0.05) is 23.8 Å². The van der Waals surface area contributed by atoms with E-state index < -0.39 is 0 Å². The standard InChI is InChI=1S/C17H22N2O/c1-3-7-17(20)19(13-8-5-4-6-9-13)16-12-14-10-11-15(16)18(14)2/h4-6,8-9,12,14-15H,3,7,10-11H2,1-2H3. The predicted octanol–water partition coefficient (Wildman–Crippen LogP) is 3.18. The molecule has 1 aromatic carbocycles. The van der Waals surface area contributed by atoms with E-state index in [4.69, 9.17) is 0 Å². The maximum Gasteiger partial charge on any atom is 0.231 e. The smallest absolute Gasteiger partial charge is 0.231 e. The fraction of sp³-hybridized carbons (Fsp3) is 0.471. The number of carbonyl (C=O) groups excluding carboxylic acids is 1. The van der Waals surface area contributed by atoms with E-state index in [1.807, 2.05) is 35.2 Å². The van der Waals surface area contributed by atoms with Gasteiger partial charge >= 0.3 is 0 Å². The van der Waals surface area contributed by atoms with Gasteiger partial charge in [-0.05, 0) is 44.5 Å². The normalized spacial score (nSPS) is 24.8. The quantitative estimate of drug-likeness (QED) is 0.839. The first kappa shape index (κ1) is 13.4. The Balaban J connectivity index is 1.95. The molecule has 1 aromatic rings. The molecule has 0 spiro atoms. The monoisotopic (exact) mass is 270 g/mol. The molecule has 0 N–H and O–H groups in total. The zero-order valence-electron chi connectivity index (χ0n) is 12.2. The van der Waals surface area contributed by atoms with E-state index in [-0.39, 0.29) is 5.91 Å². The molecule has 1 fully saturated rings. The third kappa shape index (κ3) is 2.16. The molecule has 0 aromatic heterocycles. The lowest BCUT2D eigenvalue weighted by molar-refractivity contribution is -0.118. The van der Waals surface area contributed by atoms with Crippen molar-refractivity contribution in [2.75, 3.05) is 11.9 Å². The molecule has 2 aliphatic heterocycles. The Hall–Kier alpha value is -1.61. The Bertz CT molecular complexity index is 523. The summed E-state index contributed by atoms with van der Waals surface area (Å²) in [5.41, 5.74) is 2.19. The van der Waals surface area contributed by atoms with Crippen LogP contribution in [0.3, 0.4) is 0 Å². The molecule has 0 radical (unpaired) electrons. The zero-order chi connectivity index (χ0) is 14.1. The van der Waals surface area contributed by atoms with Crippen LogP contribution in [-0.2, 0) is 4.79 Å². The molecular formula is C17H22N2O. The Labute approximate surface area is 120 Å². The van der Waals surface area contributed by atoms with E-state index in [2.05, 4.69) is 24.9 Å². The third-order valence-corrected chi connectivity index (χ3v) is 4.44. The van der Waals surface area contributed by atoms with Crippen LogP contribution in [0.5, 0.6) is 0 Å². The highest BCUT2D eigenvalue weighted by molar-refractivity contribution is 5.96. The molecule has 2 aliphatic rings. The molecule has 1 amide bonds. The van der Waals surface area contributed by atoms with Crippen molar-refractivity contribution in [2.45, 2.75) is 44.7 Å². The lowest BCUT2D eigenvalue weighted by Crippen LogP contribution is -2.37. The highest BCUT2D eigenvalue weighted by atomic mass is 16.2. The largest absolute Gasteiger partial charge is 0.291 e. The second kappa shape index (κ2) is 5.41. The number of likely N-dealkylation sites (N-methyl/N-ethyl adjacent to an activating group) is 1.